The van der Waals surface area contributed by atoms with Crippen LogP contribution in [0.1, 0.15) is 16.7 Å². The largest absolute Gasteiger partial charge is 0.398 e. The number of hydrogen-bond acceptors (Lipinski definition) is 5. The predicted molar refractivity (Wildman–Crippen MR) is 98.9 cm³/mol. The Morgan fingerprint density at radius 1 is 1.04 bits per heavy atom. The summed E-state index contributed by atoms with van der Waals surface area (Å²) >= 11 is 0. The molecule has 1 heterocycles. The van der Waals surface area contributed by atoms with Crippen LogP contribution in [-0.4, -0.2) is 18.9 Å². The van der Waals surface area contributed by atoms with E-state index in [0.717, 1.165) is 35.6 Å². The van der Waals surface area contributed by atoms with Gasteiger partial charge in [-0.2, -0.15) is 0 Å². The zero-order valence-corrected chi connectivity index (χ0v) is 13.2. The standard InChI is InChI=1S/C19H19N5/c20-17-4-2-1-3-15(17)16(18(21)22)10-7-13-5-8-14(9-6-13)19-23-11-12-24-19/h1-6,8-9H,11-12,20-22H2,(H,23,24). The molecule has 5 nitrogen and oxygen atoms in total. The lowest BCUT2D eigenvalue weighted by Gasteiger charge is -2.06. The number of nitrogens with zero attached hydrogens (tertiary/aromatic N) is 1. The SMILES string of the molecule is NC(N)=C(C#Cc1ccc(C2=NCCN2)cc1)c1ccccc1N. The highest BCUT2D eigenvalue weighted by molar-refractivity contribution is 5.99. The molecule has 24 heavy (non-hydrogen) atoms. The van der Waals surface area contributed by atoms with Crippen molar-refractivity contribution in [1.29, 1.82) is 0 Å². The van der Waals surface area contributed by atoms with Crippen molar-refractivity contribution in [2.24, 2.45) is 16.5 Å². The summed E-state index contributed by atoms with van der Waals surface area (Å²) in [5.41, 5.74) is 21.3. The van der Waals surface area contributed by atoms with Gasteiger partial charge in [-0.3, -0.25) is 4.99 Å². The molecule has 0 unspecified atom stereocenters. The number of nitrogen functional groups attached to an aromatic ring is 1. The molecule has 0 atom stereocenters. The maximum absolute atomic E-state index is 5.98. The quantitative estimate of drug-likeness (QED) is 0.494. The molecule has 0 spiro atoms. The van der Waals surface area contributed by atoms with Crippen molar-refractivity contribution < 1.29 is 0 Å². The van der Waals surface area contributed by atoms with Gasteiger partial charge in [0.05, 0.1) is 12.1 Å². The Hall–Kier alpha value is -3.39. The van der Waals surface area contributed by atoms with Crippen LogP contribution in [0, 0.1) is 11.8 Å². The fourth-order valence-corrected chi connectivity index (χ4v) is 2.46. The van der Waals surface area contributed by atoms with Crippen LogP contribution in [0.5, 0.6) is 0 Å². The van der Waals surface area contributed by atoms with E-state index in [1.807, 2.05) is 42.5 Å². The Kier molecular flexibility index (Phi) is 4.39. The fourth-order valence-electron chi connectivity index (χ4n) is 2.46. The van der Waals surface area contributed by atoms with Gasteiger partial charge < -0.3 is 22.5 Å². The van der Waals surface area contributed by atoms with E-state index in [9.17, 15) is 0 Å². The Morgan fingerprint density at radius 2 is 1.79 bits per heavy atom. The van der Waals surface area contributed by atoms with E-state index in [1.54, 1.807) is 6.07 Å². The van der Waals surface area contributed by atoms with Crippen LogP contribution in [0.2, 0.25) is 0 Å². The molecule has 0 saturated carbocycles. The molecule has 7 N–H and O–H groups in total. The molecule has 0 amide bonds. The van der Waals surface area contributed by atoms with Crippen LogP contribution in [0.25, 0.3) is 5.57 Å². The summed E-state index contributed by atoms with van der Waals surface area (Å²) in [5.74, 6) is 7.20. The van der Waals surface area contributed by atoms with E-state index < -0.39 is 0 Å². The van der Waals surface area contributed by atoms with Gasteiger partial charge in [-0.15, -0.1) is 0 Å². The second kappa shape index (κ2) is 6.80. The Balaban J connectivity index is 1.87. The first-order valence-corrected chi connectivity index (χ1v) is 7.66. The van der Waals surface area contributed by atoms with Crippen molar-refractivity contribution in [3.05, 3.63) is 71.0 Å². The number of aliphatic imine (C=N–C) groups is 1. The third kappa shape index (κ3) is 3.33. The molecule has 120 valence electrons. The molecule has 1 aliphatic heterocycles. The third-order valence-corrected chi connectivity index (χ3v) is 3.68. The molecule has 0 bridgehead atoms. The lowest BCUT2D eigenvalue weighted by molar-refractivity contribution is 0.960. The lowest BCUT2D eigenvalue weighted by Crippen LogP contribution is -2.19. The highest BCUT2D eigenvalue weighted by Gasteiger charge is 2.07. The Labute approximate surface area is 141 Å². The summed E-state index contributed by atoms with van der Waals surface area (Å²) in [4.78, 5) is 4.40. The summed E-state index contributed by atoms with van der Waals surface area (Å²) in [6, 6.07) is 15.3. The van der Waals surface area contributed by atoms with Gasteiger partial charge in [0.1, 0.15) is 11.7 Å². The molecular formula is C19H19N5. The molecule has 0 aromatic heterocycles. The fraction of sp³-hybridized carbons (Fsp3) is 0.105. The summed E-state index contributed by atoms with van der Waals surface area (Å²) < 4.78 is 0. The van der Waals surface area contributed by atoms with Gasteiger partial charge in [-0.05, 0) is 18.2 Å². The molecular weight excluding hydrogens is 298 g/mol. The average Bonchev–Trinajstić information content (AvgIpc) is 3.11. The third-order valence-electron chi connectivity index (χ3n) is 3.68. The number of benzene rings is 2. The summed E-state index contributed by atoms with van der Waals surface area (Å²) in [7, 11) is 0. The zero-order chi connectivity index (χ0) is 16.9. The van der Waals surface area contributed by atoms with Gasteiger partial charge in [0.2, 0.25) is 0 Å². The molecule has 0 saturated heterocycles. The first-order chi connectivity index (χ1) is 11.6. The normalized spacial score (nSPS) is 12.6. The van der Waals surface area contributed by atoms with Crippen LogP contribution in [0.4, 0.5) is 5.69 Å². The number of nitrogens with one attached hydrogen (secondary N) is 1. The molecule has 3 rings (SSSR count). The zero-order valence-electron chi connectivity index (χ0n) is 13.2. The van der Waals surface area contributed by atoms with Crippen LogP contribution in [-0.2, 0) is 0 Å². The van der Waals surface area contributed by atoms with Crippen molar-refractivity contribution >= 4 is 17.1 Å². The van der Waals surface area contributed by atoms with E-state index in [2.05, 4.69) is 22.2 Å². The smallest absolute Gasteiger partial charge is 0.128 e. The first-order valence-electron chi connectivity index (χ1n) is 7.66. The Morgan fingerprint density at radius 3 is 2.42 bits per heavy atom. The van der Waals surface area contributed by atoms with Crippen molar-refractivity contribution in [3.63, 3.8) is 0 Å². The second-order valence-electron chi connectivity index (χ2n) is 5.40. The first kappa shape index (κ1) is 15.5. The molecule has 1 aliphatic rings. The minimum atomic E-state index is 0.154. The van der Waals surface area contributed by atoms with Crippen LogP contribution < -0.4 is 22.5 Å². The van der Waals surface area contributed by atoms with Gasteiger partial charge in [-0.25, -0.2) is 0 Å². The van der Waals surface area contributed by atoms with E-state index in [4.69, 9.17) is 17.2 Å². The van der Waals surface area contributed by atoms with E-state index >= 15 is 0 Å². The van der Waals surface area contributed by atoms with Gasteiger partial charge in [0.25, 0.3) is 0 Å². The molecule has 2 aromatic rings. The van der Waals surface area contributed by atoms with Crippen molar-refractivity contribution in [2.45, 2.75) is 0 Å². The van der Waals surface area contributed by atoms with Crippen molar-refractivity contribution in [3.8, 4) is 11.8 Å². The van der Waals surface area contributed by atoms with Gasteiger partial charge in [0, 0.05) is 28.9 Å². The number of rotatable bonds is 2. The molecule has 0 radical (unpaired) electrons. The van der Waals surface area contributed by atoms with Crippen LogP contribution in [0.15, 0.2) is 59.3 Å². The van der Waals surface area contributed by atoms with E-state index in [-0.39, 0.29) is 5.82 Å². The lowest BCUT2D eigenvalue weighted by atomic mass is 10.0. The summed E-state index contributed by atoms with van der Waals surface area (Å²) in [5, 5.41) is 3.24. The van der Waals surface area contributed by atoms with Gasteiger partial charge >= 0.3 is 0 Å². The molecule has 0 fully saturated rings. The van der Waals surface area contributed by atoms with Crippen LogP contribution >= 0.6 is 0 Å². The summed E-state index contributed by atoms with van der Waals surface area (Å²) in [6.07, 6.45) is 0. The van der Waals surface area contributed by atoms with Crippen molar-refractivity contribution in [2.75, 3.05) is 18.8 Å². The molecule has 0 aliphatic carbocycles. The maximum atomic E-state index is 5.98. The minimum Gasteiger partial charge on any atom is -0.398 e. The molecule has 5 heteroatoms. The van der Waals surface area contributed by atoms with Gasteiger partial charge in [0.15, 0.2) is 0 Å². The van der Waals surface area contributed by atoms with E-state index in [1.165, 1.54) is 0 Å². The number of amidine groups is 1. The second-order valence-corrected chi connectivity index (χ2v) is 5.40. The topological polar surface area (TPSA) is 102 Å². The highest BCUT2D eigenvalue weighted by Crippen LogP contribution is 2.21. The monoisotopic (exact) mass is 317 g/mol. The number of anilines is 1. The average molecular weight is 317 g/mol. The number of hydrogen-bond donors (Lipinski definition) is 4. The summed E-state index contributed by atoms with van der Waals surface area (Å²) in [6.45, 7) is 1.71. The highest BCUT2D eigenvalue weighted by atomic mass is 15.1. The molecule has 2 aromatic carbocycles. The maximum Gasteiger partial charge on any atom is 0.128 e. The van der Waals surface area contributed by atoms with Gasteiger partial charge in [-0.1, -0.05) is 42.2 Å². The predicted octanol–water partition coefficient (Wildman–Crippen LogP) is 1.26. The van der Waals surface area contributed by atoms with Crippen molar-refractivity contribution in [1.82, 2.24) is 5.32 Å². The van der Waals surface area contributed by atoms with E-state index in [0.29, 0.717) is 11.3 Å². The number of para-hydroxylation sites is 1. The minimum absolute atomic E-state index is 0.154. The Bertz CT molecular complexity index is 863. The number of nitrogens with two attached hydrogens (primary N) is 3. The number of allylic oxidation sites excluding steroid dienone is 1. The van der Waals surface area contributed by atoms with Crippen LogP contribution in [0.3, 0.4) is 0 Å².